The predicted octanol–water partition coefficient (Wildman–Crippen LogP) is 3.71. The Labute approximate surface area is 103 Å². The van der Waals surface area contributed by atoms with Gasteiger partial charge in [-0.05, 0) is 66.0 Å². The van der Waals surface area contributed by atoms with E-state index in [1.165, 1.54) is 37.8 Å². The third-order valence-corrected chi connectivity index (χ3v) is 4.64. The van der Waals surface area contributed by atoms with Crippen molar-refractivity contribution >= 4 is 11.3 Å². The molecule has 2 heteroatoms. The molecule has 0 aromatic carbocycles. The van der Waals surface area contributed by atoms with Gasteiger partial charge < -0.3 is 5.32 Å². The third kappa shape index (κ3) is 3.08. The molecule has 1 fully saturated rings. The normalized spacial score (nSPS) is 19.6. The zero-order valence-electron chi connectivity index (χ0n) is 10.5. The van der Waals surface area contributed by atoms with Gasteiger partial charge in [-0.1, -0.05) is 13.8 Å². The van der Waals surface area contributed by atoms with Gasteiger partial charge in [-0.3, -0.25) is 0 Å². The average molecular weight is 237 g/mol. The molecule has 1 aliphatic rings. The van der Waals surface area contributed by atoms with E-state index in [0.29, 0.717) is 5.41 Å². The highest BCUT2D eigenvalue weighted by molar-refractivity contribution is 7.07. The van der Waals surface area contributed by atoms with Crippen LogP contribution in [0.4, 0.5) is 0 Å². The third-order valence-electron chi connectivity index (χ3n) is 3.91. The van der Waals surface area contributed by atoms with Crippen LogP contribution in [-0.2, 0) is 6.42 Å². The molecular formula is C14H23NS. The molecule has 1 aromatic heterocycles. The number of nitrogens with one attached hydrogen (secondary N) is 1. The van der Waals surface area contributed by atoms with Crippen LogP contribution in [0.1, 0.15) is 38.7 Å². The standard InChI is InChI=1S/C14H23NS/c1-3-15-11-14(2,13-4-5-13)8-6-12-7-9-16-10-12/h7,9-10,13,15H,3-6,8,11H2,1-2H3. The van der Waals surface area contributed by atoms with E-state index in [1.807, 2.05) is 11.3 Å². The van der Waals surface area contributed by atoms with Crippen molar-refractivity contribution in [2.75, 3.05) is 13.1 Å². The molecule has 0 amide bonds. The Morgan fingerprint density at radius 1 is 1.50 bits per heavy atom. The van der Waals surface area contributed by atoms with E-state index in [-0.39, 0.29) is 0 Å². The lowest BCUT2D eigenvalue weighted by Gasteiger charge is -2.30. The summed E-state index contributed by atoms with van der Waals surface area (Å²) in [7, 11) is 0. The molecule has 1 atom stereocenters. The number of aryl methyl sites for hydroxylation is 1. The second kappa shape index (κ2) is 5.33. The van der Waals surface area contributed by atoms with Gasteiger partial charge in [0.1, 0.15) is 0 Å². The van der Waals surface area contributed by atoms with Gasteiger partial charge in [0.05, 0.1) is 0 Å². The molecule has 0 radical (unpaired) electrons. The van der Waals surface area contributed by atoms with Gasteiger partial charge in [0.15, 0.2) is 0 Å². The topological polar surface area (TPSA) is 12.0 Å². The molecule has 1 unspecified atom stereocenters. The lowest BCUT2D eigenvalue weighted by Crippen LogP contribution is -2.34. The molecule has 0 spiro atoms. The molecule has 0 aliphatic heterocycles. The summed E-state index contributed by atoms with van der Waals surface area (Å²) in [5.74, 6) is 0.977. The largest absolute Gasteiger partial charge is 0.316 e. The monoisotopic (exact) mass is 237 g/mol. The molecule has 0 bridgehead atoms. The summed E-state index contributed by atoms with van der Waals surface area (Å²) >= 11 is 1.82. The van der Waals surface area contributed by atoms with Crippen LogP contribution < -0.4 is 5.32 Å². The van der Waals surface area contributed by atoms with Crippen LogP contribution in [0.25, 0.3) is 0 Å². The summed E-state index contributed by atoms with van der Waals surface area (Å²) in [6.07, 6.45) is 5.49. The minimum absolute atomic E-state index is 0.526. The summed E-state index contributed by atoms with van der Waals surface area (Å²) in [5, 5.41) is 8.02. The second-order valence-electron chi connectivity index (χ2n) is 5.34. The Bertz CT molecular complexity index is 303. The fourth-order valence-electron chi connectivity index (χ4n) is 2.49. The smallest absolute Gasteiger partial charge is 0.000781 e. The summed E-state index contributed by atoms with van der Waals surface area (Å²) in [6.45, 7) is 6.96. The predicted molar refractivity (Wildman–Crippen MR) is 72.0 cm³/mol. The SMILES string of the molecule is CCNCC(C)(CCc1ccsc1)C1CC1. The lowest BCUT2D eigenvalue weighted by molar-refractivity contribution is 0.239. The fourth-order valence-corrected chi connectivity index (χ4v) is 3.20. The van der Waals surface area contributed by atoms with Gasteiger partial charge in [-0.25, -0.2) is 0 Å². The highest BCUT2D eigenvalue weighted by Gasteiger charge is 2.40. The van der Waals surface area contributed by atoms with Crippen molar-refractivity contribution in [2.45, 2.75) is 39.5 Å². The van der Waals surface area contributed by atoms with Gasteiger partial charge in [0, 0.05) is 6.54 Å². The van der Waals surface area contributed by atoms with Gasteiger partial charge in [0.25, 0.3) is 0 Å². The van der Waals surface area contributed by atoms with Gasteiger partial charge in [-0.15, -0.1) is 0 Å². The summed E-state index contributed by atoms with van der Waals surface area (Å²) in [4.78, 5) is 0. The first-order valence-corrected chi connectivity index (χ1v) is 7.40. The molecule has 16 heavy (non-hydrogen) atoms. The van der Waals surface area contributed by atoms with Crippen LogP contribution in [0, 0.1) is 11.3 Å². The quantitative estimate of drug-likeness (QED) is 0.762. The van der Waals surface area contributed by atoms with E-state index in [4.69, 9.17) is 0 Å². The van der Waals surface area contributed by atoms with Crippen molar-refractivity contribution in [1.29, 1.82) is 0 Å². The summed E-state index contributed by atoms with van der Waals surface area (Å²) in [6, 6.07) is 2.27. The van der Waals surface area contributed by atoms with Crippen LogP contribution in [0.5, 0.6) is 0 Å². The maximum atomic E-state index is 3.54. The van der Waals surface area contributed by atoms with Gasteiger partial charge in [-0.2, -0.15) is 11.3 Å². The molecule has 2 rings (SSSR count). The maximum Gasteiger partial charge on any atom is 0.000781 e. The first-order chi connectivity index (χ1) is 7.74. The number of thiophene rings is 1. The highest BCUT2D eigenvalue weighted by Crippen LogP contribution is 2.47. The molecular weight excluding hydrogens is 214 g/mol. The van der Waals surface area contributed by atoms with Crippen molar-refractivity contribution in [1.82, 2.24) is 5.32 Å². The summed E-state index contributed by atoms with van der Waals surface area (Å²) in [5.41, 5.74) is 2.05. The molecule has 90 valence electrons. The molecule has 1 heterocycles. The van der Waals surface area contributed by atoms with Crippen molar-refractivity contribution in [2.24, 2.45) is 11.3 Å². The Kier molecular flexibility index (Phi) is 4.04. The Hall–Kier alpha value is -0.340. The second-order valence-corrected chi connectivity index (χ2v) is 6.12. The molecule has 1 aromatic rings. The zero-order valence-corrected chi connectivity index (χ0v) is 11.3. The zero-order chi connectivity index (χ0) is 11.4. The van der Waals surface area contributed by atoms with E-state index in [1.54, 1.807) is 0 Å². The van der Waals surface area contributed by atoms with Crippen LogP contribution in [0.2, 0.25) is 0 Å². The van der Waals surface area contributed by atoms with Crippen LogP contribution in [-0.4, -0.2) is 13.1 Å². The number of hydrogen-bond acceptors (Lipinski definition) is 2. The Balaban J connectivity index is 1.86. The van der Waals surface area contributed by atoms with E-state index in [2.05, 4.69) is 36.0 Å². The Morgan fingerprint density at radius 2 is 2.31 bits per heavy atom. The number of hydrogen-bond donors (Lipinski definition) is 1. The van der Waals surface area contributed by atoms with Crippen molar-refractivity contribution < 1.29 is 0 Å². The van der Waals surface area contributed by atoms with Crippen LogP contribution >= 0.6 is 11.3 Å². The first-order valence-electron chi connectivity index (χ1n) is 6.46. The van der Waals surface area contributed by atoms with Crippen molar-refractivity contribution in [3.63, 3.8) is 0 Å². The van der Waals surface area contributed by atoms with E-state index in [0.717, 1.165) is 12.5 Å². The van der Waals surface area contributed by atoms with E-state index in [9.17, 15) is 0 Å². The molecule has 1 aliphatic carbocycles. The first kappa shape index (κ1) is 12.1. The summed E-state index contributed by atoms with van der Waals surface area (Å²) < 4.78 is 0. The average Bonchev–Trinajstić information content (AvgIpc) is 3.02. The van der Waals surface area contributed by atoms with E-state index < -0.39 is 0 Å². The minimum atomic E-state index is 0.526. The minimum Gasteiger partial charge on any atom is -0.316 e. The van der Waals surface area contributed by atoms with Crippen molar-refractivity contribution in [3.8, 4) is 0 Å². The number of rotatable bonds is 7. The van der Waals surface area contributed by atoms with E-state index >= 15 is 0 Å². The highest BCUT2D eigenvalue weighted by atomic mass is 32.1. The van der Waals surface area contributed by atoms with Crippen LogP contribution in [0.3, 0.4) is 0 Å². The van der Waals surface area contributed by atoms with Gasteiger partial charge in [0.2, 0.25) is 0 Å². The molecule has 1 saturated carbocycles. The molecule has 0 saturated heterocycles. The fraction of sp³-hybridized carbons (Fsp3) is 0.714. The Morgan fingerprint density at radius 3 is 2.88 bits per heavy atom. The molecule has 1 N–H and O–H groups in total. The molecule has 1 nitrogen and oxygen atoms in total. The van der Waals surface area contributed by atoms with Gasteiger partial charge >= 0.3 is 0 Å². The van der Waals surface area contributed by atoms with Crippen LogP contribution in [0.15, 0.2) is 16.8 Å². The maximum absolute atomic E-state index is 3.54. The van der Waals surface area contributed by atoms with Crippen molar-refractivity contribution in [3.05, 3.63) is 22.4 Å². The lowest BCUT2D eigenvalue weighted by atomic mass is 9.79.